The molecule has 0 atom stereocenters. The average molecular weight is 336 g/mol. The minimum atomic E-state index is -0.208. The van der Waals surface area contributed by atoms with Crippen LogP contribution in [0.3, 0.4) is 0 Å². The maximum Gasteiger partial charge on any atom is 0.324 e. The predicted molar refractivity (Wildman–Crippen MR) is 91.5 cm³/mol. The van der Waals surface area contributed by atoms with Gasteiger partial charge in [-0.05, 0) is 23.6 Å². The Morgan fingerprint density at radius 1 is 1.04 bits per heavy atom. The second-order valence-corrected chi connectivity index (χ2v) is 6.07. The molecule has 0 aliphatic carbocycles. The van der Waals surface area contributed by atoms with Gasteiger partial charge in [-0.1, -0.05) is 24.3 Å². The van der Waals surface area contributed by atoms with E-state index in [1.165, 1.54) is 6.20 Å². The fraction of sp³-hybridized carbons (Fsp3) is 0.0588. The van der Waals surface area contributed by atoms with Gasteiger partial charge in [0.05, 0.1) is 18.9 Å². The first-order valence-corrected chi connectivity index (χ1v) is 8.15. The fourth-order valence-electron chi connectivity index (χ4n) is 2.29. The van der Waals surface area contributed by atoms with E-state index < -0.39 is 0 Å². The van der Waals surface area contributed by atoms with Crippen molar-refractivity contribution in [2.24, 2.45) is 0 Å². The molecule has 0 saturated heterocycles. The van der Waals surface area contributed by atoms with E-state index in [9.17, 15) is 4.79 Å². The van der Waals surface area contributed by atoms with Gasteiger partial charge in [0.1, 0.15) is 11.3 Å². The molecule has 0 aliphatic rings. The van der Waals surface area contributed by atoms with Crippen LogP contribution in [0, 0.1) is 0 Å². The standard InChI is InChI=1S/C17H12N4O2S/c22-15-10-18-14-9-19-17(23-12-5-2-1-3-6-12)20-16(14)21(15)11-13-7-4-8-24-13/h1-10H,11H2. The molecular formula is C17H12N4O2S. The molecule has 24 heavy (non-hydrogen) atoms. The zero-order valence-corrected chi connectivity index (χ0v) is 13.3. The lowest BCUT2D eigenvalue weighted by Gasteiger charge is -2.09. The van der Waals surface area contributed by atoms with E-state index in [0.717, 1.165) is 4.88 Å². The maximum absolute atomic E-state index is 12.2. The van der Waals surface area contributed by atoms with Crippen LogP contribution in [0.2, 0.25) is 0 Å². The second-order valence-electron chi connectivity index (χ2n) is 5.04. The Hall–Kier alpha value is -3.06. The first-order valence-electron chi connectivity index (χ1n) is 7.27. The van der Waals surface area contributed by atoms with E-state index in [1.807, 2.05) is 47.8 Å². The summed E-state index contributed by atoms with van der Waals surface area (Å²) in [6.07, 6.45) is 2.85. The number of para-hydroxylation sites is 1. The summed E-state index contributed by atoms with van der Waals surface area (Å²) in [4.78, 5) is 25.9. The van der Waals surface area contributed by atoms with Crippen LogP contribution >= 0.6 is 11.3 Å². The SMILES string of the molecule is O=c1cnc2cnc(Oc3ccccc3)nc2n1Cc1cccs1. The molecule has 0 radical (unpaired) electrons. The molecule has 0 bridgehead atoms. The summed E-state index contributed by atoms with van der Waals surface area (Å²) in [7, 11) is 0. The smallest absolute Gasteiger partial charge is 0.324 e. The van der Waals surface area contributed by atoms with Crippen molar-refractivity contribution in [1.29, 1.82) is 0 Å². The van der Waals surface area contributed by atoms with Gasteiger partial charge < -0.3 is 4.74 Å². The summed E-state index contributed by atoms with van der Waals surface area (Å²) in [6, 6.07) is 13.4. The highest BCUT2D eigenvalue weighted by atomic mass is 32.1. The Balaban J connectivity index is 1.78. The molecule has 0 N–H and O–H groups in total. The zero-order valence-electron chi connectivity index (χ0n) is 12.5. The van der Waals surface area contributed by atoms with E-state index >= 15 is 0 Å². The number of ether oxygens (including phenoxy) is 1. The third kappa shape index (κ3) is 2.89. The number of aromatic nitrogens is 4. The molecular weight excluding hydrogens is 324 g/mol. The van der Waals surface area contributed by atoms with Crippen molar-refractivity contribution in [3.63, 3.8) is 0 Å². The lowest BCUT2D eigenvalue weighted by atomic mass is 10.3. The van der Waals surface area contributed by atoms with Crippen molar-refractivity contribution in [3.05, 3.63) is 75.5 Å². The molecule has 0 fully saturated rings. The molecule has 0 amide bonds. The molecule has 0 saturated carbocycles. The van der Waals surface area contributed by atoms with E-state index in [-0.39, 0.29) is 11.6 Å². The third-order valence-electron chi connectivity index (χ3n) is 3.41. The van der Waals surface area contributed by atoms with Crippen molar-refractivity contribution < 1.29 is 4.74 Å². The van der Waals surface area contributed by atoms with Gasteiger partial charge in [-0.25, -0.2) is 9.97 Å². The molecule has 3 heterocycles. The number of thiophene rings is 1. The summed E-state index contributed by atoms with van der Waals surface area (Å²) in [5.74, 6) is 0.632. The summed E-state index contributed by atoms with van der Waals surface area (Å²) < 4.78 is 7.23. The van der Waals surface area contributed by atoms with Crippen molar-refractivity contribution in [2.75, 3.05) is 0 Å². The zero-order chi connectivity index (χ0) is 16.4. The lowest BCUT2D eigenvalue weighted by Crippen LogP contribution is -2.21. The Morgan fingerprint density at radius 2 is 1.92 bits per heavy atom. The Morgan fingerprint density at radius 3 is 2.71 bits per heavy atom. The van der Waals surface area contributed by atoms with E-state index in [2.05, 4.69) is 15.0 Å². The maximum atomic E-state index is 12.2. The van der Waals surface area contributed by atoms with Crippen LogP contribution in [-0.4, -0.2) is 19.5 Å². The van der Waals surface area contributed by atoms with Crippen LogP contribution in [0.5, 0.6) is 11.8 Å². The minimum absolute atomic E-state index is 0.182. The van der Waals surface area contributed by atoms with Crippen LogP contribution in [0.1, 0.15) is 4.88 Å². The van der Waals surface area contributed by atoms with Crippen LogP contribution in [-0.2, 0) is 6.54 Å². The van der Waals surface area contributed by atoms with Gasteiger partial charge in [-0.2, -0.15) is 4.98 Å². The molecule has 4 aromatic rings. The number of rotatable bonds is 4. The van der Waals surface area contributed by atoms with Crippen molar-refractivity contribution >= 4 is 22.5 Å². The largest absolute Gasteiger partial charge is 0.424 e. The minimum Gasteiger partial charge on any atom is -0.424 e. The lowest BCUT2D eigenvalue weighted by molar-refractivity contribution is 0.443. The van der Waals surface area contributed by atoms with Crippen LogP contribution < -0.4 is 10.3 Å². The number of hydrogen-bond donors (Lipinski definition) is 0. The highest BCUT2D eigenvalue weighted by Gasteiger charge is 2.10. The van der Waals surface area contributed by atoms with Gasteiger partial charge in [0.15, 0.2) is 5.65 Å². The Bertz CT molecular complexity index is 1030. The fourth-order valence-corrected chi connectivity index (χ4v) is 2.99. The van der Waals surface area contributed by atoms with Gasteiger partial charge >= 0.3 is 6.01 Å². The van der Waals surface area contributed by atoms with Gasteiger partial charge in [0.25, 0.3) is 5.56 Å². The number of benzene rings is 1. The molecule has 4 rings (SSSR count). The topological polar surface area (TPSA) is 69.9 Å². The number of hydrogen-bond acceptors (Lipinski definition) is 6. The molecule has 7 heteroatoms. The van der Waals surface area contributed by atoms with Gasteiger partial charge in [-0.3, -0.25) is 9.36 Å². The highest BCUT2D eigenvalue weighted by Crippen LogP contribution is 2.19. The van der Waals surface area contributed by atoms with E-state index in [4.69, 9.17) is 4.74 Å². The van der Waals surface area contributed by atoms with Crippen LogP contribution in [0.15, 0.2) is 65.0 Å². The molecule has 0 aliphatic heterocycles. The molecule has 118 valence electrons. The molecule has 3 aromatic heterocycles. The first-order chi connectivity index (χ1) is 11.8. The first kappa shape index (κ1) is 14.5. The average Bonchev–Trinajstić information content (AvgIpc) is 3.12. The van der Waals surface area contributed by atoms with Gasteiger partial charge in [0.2, 0.25) is 0 Å². The normalized spacial score (nSPS) is 10.8. The van der Waals surface area contributed by atoms with Gasteiger partial charge in [0, 0.05) is 4.88 Å². The van der Waals surface area contributed by atoms with Crippen LogP contribution in [0.4, 0.5) is 0 Å². The highest BCUT2D eigenvalue weighted by molar-refractivity contribution is 7.09. The predicted octanol–water partition coefficient (Wildman–Crippen LogP) is 3.09. The van der Waals surface area contributed by atoms with Crippen molar-refractivity contribution in [3.8, 4) is 11.8 Å². The van der Waals surface area contributed by atoms with E-state index in [0.29, 0.717) is 23.5 Å². The molecule has 0 spiro atoms. The Labute approximate surface area is 141 Å². The van der Waals surface area contributed by atoms with E-state index in [1.54, 1.807) is 22.1 Å². The second kappa shape index (κ2) is 6.21. The molecule has 0 unspecified atom stereocenters. The summed E-state index contributed by atoms with van der Waals surface area (Å²) in [6.45, 7) is 0.442. The summed E-state index contributed by atoms with van der Waals surface area (Å²) >= 11 is 1.59. The molecule has 1 aromatic carbocycles. The monoisotopic (exact) mass is 336 g/mol. The summed E-state index contributed by atoms with van der Waals surface area (Å²) in [5.41, 5.74) is 0.795. The van der Waals surface area contributed by atoms with Crippen molar-refractivity contribution in [1.82, 2.24) is 19.5 Å². The van der Waals surface area contributed by atoms with Crippen molar-refractivity contribution in [2.45, 2.75) is 6.54 Å². The third-order valence-corrected chi connectivity index (χ3v) is 4.27. The number of nitrogens with zero attached hydrogens (tertiary/aromatic N) is 4. The van der Waals surface area contributed by atoms with Crippen LogP contribution in [0.25, 0.3) is 11.2 Å². The molecule has 6 nitrogen and oxygen atoms in total. The summed E-state index contributed by atoms with van der Waals surface area (Å²) in [5, 5.41) is 1.97. The number of fused-ring (bicyclic) bond motifs is 1. The Kier molecular flexibility index (Phi) is 3.76. The quantitative estimate of drug-likeness (QED) is 0.573. The van der Waals surface area contributed by atoms with Gasteiger partial charge in [-0.15, -0.1) is 11.3 Å².